The molecule has 3 heterocycles. The fourth-order valence-corrected chi connectivity index (χ4v) is 4.96. The highest BCUT2D eigenvalue weighted by Gasteiger charge is 2.31. The molecule has 0 atom stereocenters. The van der Waals surface area contributed by atoms with Crippen molar-refractivity contribution < 1.29 is 4.79 Å². The number of benzene rings is 1. The van der Waals surface area contributed by atoms with Crippen molar-refractivity contribution >= 4 is 17.5 Å². The molecule has 0 radical (unpaired) electrons. The first-order valence-electron chi connectivity index (χ1n) is 11.4. The lowest BCUT2D eigenvalue weighted by atomic mass is 9.94. The summed E-state index contributed by atoms with van der Waals surface area (Å²) in [5, 5.41) is 9.30. The predicted molar refractivity (Wildman–Crippen MR) is 124 cm³/mol. The smallest absolute Gasteiger partial charge is 0.276 e. The molecule has 2 aliphatic rings. The number of amides is 1. The van der Waals surface area contributed by atoms with E-state index in [-0.39, 0.29) is 5.91 Å². The summed E-state index contributed by atoms with van der Waals surface area (Å²) in [7, 11) is 0. The second kappa shape index (κ2) is 9.38. The lowest BCUT2D eigenvalue weighted by Crippen LogP contribution is -2.52. The second-order valence-corrected chi connectivity index (χ2v) is 8.97. The first-order valence-corrected chi connectivity index (χ1v) is 11.7. The van der Waals surface area contributed by atoms with Crippen LogP contribution >= 0.6 is 11.6 Å². The molecule has 5 rings (SSSR count). The third-order valence-corrected chi connectivity index (χ3v) is 6.82. The van der Waals surface area contributed by atoms with Gasteiger partial charge in [-0.15, -0.1) is 5.10 Å². The summed E-state index contributed by atoms with van der Waals surface area (Å²) in [4.78, 5) is 22.2. The zero-order valence-electron chi connectivity index (χ0n) is 18.0. The molecule has 0 bridgehead atoms. The Hall–Kier alpha value is -2.77. The highest BCUT2D eigenvalue weighted by atomic mass is 35.5. The molecule has 1 aliphatic carbocycles. The molecule has 1 amide bonds. The van der Waals surface area contributed by atoms with Crippen LogP contribution in [-0.2, 0) is 0 Å². The van der Waals surface area contributed by atoms with E-state index in [2.05, 4.69) is 20.2 Å². The average Bonchev–Trinajstić information content (AvgIpc) is 3.30. The highest BCUT2D eigenvalue weighted by molar-refractivity contribution is 6.30. The standard InChI is InChI=1S/C24H27ClN6O/c25-19-8-10-21(11-9-19)31-23(18-5-4-12-26-17-18)22(27-28-31)24(32)30-15-13-29(14-16-30)20-6-2-1-3-7-20/h4-5,8-12,17,20H,1-3,6-7,13-16H2. The van der Waals surface area contributed by atoms with Gasteiger partial charge in [0.1, 0.15) is 5.69 Å². The van der Waals surface area contributed by atoms with Gasteiger partial charge in [-0.05, 0) is 49.2 Å². The summed E-state index contributed by atoms with van der Waals surface area (Å²) in [6, 6.07) is 11.8. The normalized spacial score (nSPS) is 18.1. The SMILES string of the molecule is O=C(c1nnn(-c2ccc(Cl)cc2)c1-c1cccnc1)N1CCN(C2CCCCC2)CC1. The van der Waals surface area contributed by atoms with Crippen LogP contribution in [0.1, 0.15) is 42.6 Å². The van der Waals surface area contributed by atoms with Gasteiger partial charge < -0.3 is 4.90 Å². The molecular formula is C24H27ClN6O. The van der Waals surface area contributed by atoms with Gasteiger partial charge >= 0.3 is 0 Å². The van der Waals surface area contributed by atoms with Crippen molar-refractivity contribution in [2.24, 2.45) is 0 Å². The van der Waals surface area contributed by atoms with Crippen LogP contribution in [0.2, 0.25) is 5.02 Å². The van der Waals surface area contributed by atoms with Crippen molar-refractivity contribution in [3.05, 3.63) is 59.5 Å². The fraction of sp³-hybridized carbons (Fsp3) is 0.417. The number of nitrogens with zero attached hydrogens (tertiary/aromatic N) is 6. The first-order chi connectivity index (χ1) is 15.7. The van der Waals surface area contributed by atoms with Crippen LogP contribution in [0, 0.1) is 0 Å². The number of pyridine rings is 1. The summed E-state index contributed by atoms with van der Waals surface area (Å²) in [6.07, 6.45) is 10.0. The van der Waals surface area contributed by atoms with E-state index in [1.54, 1.807) is 29.2 Å². The fourth-order valence-electron chi connectivity index (χ4n) is 4.84. The molecule has 0 spiro atoms. The van der Waals surface area contributed by atoms with Gasteiger partial charge in [-0.3, -0.25) is 14.7 Å². The summed E-state index contributed by atoms with van der Waals surface area (Å²) < 4.78 is 1.69. The molecule has 8 heteroatoms. The minimum atomic E-state index is -0.0765. The van der Waals surface area contributed by atoms with Gasteiger partial charge in [-0.25, -0.2) is 4.68 Å². The van der Waals surface area contributed by atoms with Gasteiger partial charge in [0.25, 0.3) is 5.91 Å². The zero-order valence-corrected chi connectivity index (χ0v) is 18.8. The van der Waals surface area contributed by atoms with Crippen molar-refractivity contribution in [2.75, 3.05) is 26.2 Å². The van der Waals surface area contributed by atoms with E-state index in [1.807, 2.05) is 29.2 Å². The van der Waals surface area contributed by atoms with Crippen LogP contribution in [0.25, 0.3) is 16.9 Å². The number of aromatic nitrogens is 4. The Kier molecular flexibility index (Phi) is 6.19. The average molecular weight is 451 g/mol. The number of hydrogen-bond donors (Lipinski definition) is 0. The largest absolute Gasteiger partial charge is 0.335 e. The second-order valence-electron chi connectivity index (χ2n) is 8.54. The number of carbonyl (C=O) groups is 1. The van der Waals surface area contributed by atoms with E-state index in [1.165, 1.54) is 32.1 Å². The Balaban J connectivity index is 1.41. The van der Waals surface area contributed by atoms with Gasteiger partial charge in [-0.1, -0.05) is 36.1 Å². The maximum atomic E-state index is 13.5. The molecule has 1 saturated heterocycles. The van der Waals surface area contributed by atoms with Crippen LogP contribution in [0.15, 0.2) is 48.8 Å². The van der Waals surface area contributed by atoms with Gasteiger partial charge in [0.05, 0.1) is 5.69 Å². The number of carbonyl (C=O) groups excluding carboxylic acids is 1. The molecule has 1 saturated carbocycles. The zero-order chi connectivity index (χ0) is 21.9. The van der Waals surface area contributed by atoms with E-state index in [0.717, 1.165) is 37.4 Å². The van der Waals surface area contributed by atoms with Crippen molar-refractivity contribution in [2.45, 2.75) is 38.1 Å². The minimum Gasteiger partial charge on any atom is -0.335 e. The molecule has 2 aromatic heterocycles. The Bertz CT molecular complexity index is 1050. The molecule has 7 nitrogen and oxygen atoms in total. The van der Waals surface area contributed by atoms with Crippen molar-refractivity contribution in [1.82, 2.24) is 29.8 Å². The molecule has 2 fully saturated rings. The summed E-state index contributed by atoms with van der Waals surface area (Å²) in [6.45, 7) is 3.28. The van der Waals surface area contributed by atoms with E-state index in [4.69, 9.17) is 11.6 Å². The Morgan fingerprint density at radius 1 is 0.969 bits per heavy atom. The lowest BCUT2D eigenvalue weighted by molar-refractivity contribution is 0.0519. The molecule has 0 N–H and O–H groups in total. The molecular weight excluding hydrogens is 424 g/mol. The van der Waals surface area contributed by atoms with Crippen LogP contribution < -0.4 is 0 Å². The van der Waals surface area contributed by atoms with Gasteiger partial charge in [0, 0.05) is 55.2 Å². The maximum Gasteiger partial charge on any atom is 0.276 e. The highest BCUT2D eigenvalue weighted by Crippen LogP contribution is 2.28. The third-order valence-electron chi connectivity index (χ3n) is 6.57. The molecule has 32 heavy (non-hydrogen) atoms. The molecule has 1 aliphatic heterocycles. The van der Waals surface area contributed by atoms with Crippen molar-refractivity contribution in [3.8, 4) is 16.9 Å². The maximum absolute atomic E-state index is 13.5. The topological polar surface area (TPSA) is 67.2 Å². The third kappa shape index (κ3) is 4.27. The number of hydrogen-bond acceptors (Lipinski definition) is 5. The molecule has 0 unspecified atom stereocenters. The Morgan fingerprint density at radius 3 is 2.41 bits per heavy atom. The number of piperazine rings is 1. The van der Waals surface area contributed by atoms with Gasteiger partial charge in [0.2, 0.25) is 0 Å². The van der Waals surface area contributed by atoms with Crippen LogP contribution in [0.5, 0.6) is 0 Å². The lowest BCUT2D eigenvalue weighted by Gasteiger charge is -2.40. The van der Waals surface area contributed by atoms with Gasteiger partial charge in [0.15, 0.2) is 5.69 Å². The van der Waals surface area contributed by atoms with E-state index >= 15 is 0 Å². The van der Waals surface area contributed by atoms with E-state index < -0.39 is 0 Å². The van der Waals surface area contributed by atoms with Gasteiger partial charge in [-0.2, -0.15) is 0 Å². The summed E-state index contributed by atoms with van der Waals surface area (Å²) in [5.74, 6) is -0.0765. The first kappa shape index (κ1) is 21.1. The summed E-state index contributed by atoms with van der Waals surface area (Å²) in [5.41, 5.74) is 2.61. The Morgan fingerprint density at radius 2 is 1.72 bits per heavy atom. The molecule has 3 aromatic rings. The number of rotatable bonds is 4. The van der Waals surface area contributed by atoms with Crippen molar-refractivity contribution in [1.29, 1.82) is 0 Å². The molecule has 166 valence electrons. The monoisotopic (exact) mass is 450 g/mol. The summed E-state index contributed by atoms with van der Waals surface area (Å²) >= 11 is 6.06. The number of halogens is 1. The minimum absolute atomic E-state index is 0.0765. The quantitative estimate of drug-likeness (QED) is 0.599. The molecule has 1 aromatic carbocycles. The van der Waals surface area contributed by atoms with Crippen molar-refractivity contribution in [3.63, 3.8) is 0 Å². The van der Waals surface area contributed by atoms with Crippen LogP contribution in [-0.4, -0.2) is 67.9 Å². The Labute approximate surface area is 193 Å². The van der Waals surface area contributed by atoms with Crippen LogP contribution in [0.4, 0.5) is 0 Å². The van der Waals surface area contributed by atoms with Crippen LogP contribution in [0.3, 0.4) is 0 Å². The van der Waals surface area contributed by atoms with E-state index in [9.17, 15) is 4.79 Å². The van der Waals surface area contributed by atoms with E-state index in [0.29, 0.717) is 22.5 Å². The predicted octanol–water partition coefficient (Wildman–Crippen LogP) is 4.07.